The minimum absolute atomic E-state index is 0.0570. The predicted octanol–water partition coefficient (Wildman–Crippen LogP) is 2.89. The monoisotopic (exact) mass is 357 g/mol. The first-order valence-corrected chi connectivity index (χ1v) is 8.73. The summed E-state index contributed by atoms with van der Waals surface area (Å²) < 4.78 is 16.9. The maximum atomic E-state index is 11.0. The van der Waals surface area contributed by atoms with E-state index in [1.165, 1.54) is 11.8 Å². The topological polar surface area (TPSA) is 51.2 Å². The molecular weight excluding hydrogens is 334 g/mol. The van der Waals surface area contributed by atoms with Crippen LogP contribution in [0.3, 0.4) is 0 Å². The van der Waals surface area contributed by atoms with Crippen LogP contribution in [0.2, 0.25) is 0 Å². The molecule has 0 saturated carbocycles. The van der Waals surface area contributed by atoms with Crippen molar-refractivity contribution < 1.29 is 19.3 Å². The third-order valence-electron chi connectivity index (χ3n) is 4.13. The molecule has 0 aromatic heterocycles. The molecule has 1 atom stereocenters. The lowest BCUT2D eigenvalue weighted by molar-refractivity contribution is -0.0825. The van der Waals surface area contributed by atoms with Crippen LogP contribution in [-0.4, -0.2) is 47.1 Å². The van der Waals surface area contributed by atoms with Gasteiger partial charge in [-0.3, -0.25) is 0 Å². The molecule has 23 heavy (non-hydrogen) atoms. The highest BCUT2D eigenvalue weighted by atomic mass is 32.2. The van der Waals surface area contributed by atoms with Gasteiger partial charge < -0.3 is 24.2 Å². The van der Waals surface area contributed by atoms with Gasteiger partial charge in [0, 0.05) is 17.2 Å². The Labute approximate surface area is 146 Å². The van der Waals surface area contributed by atoms with Crippen LogP contribution >= 0.6 is 24.0 Å². The van der Waals surface area contributed by atoms with Gasteiger partial charge in [0.2, 0.25) is 5.75 Å². The number of thioether (sulfide) groups is 1. The molecule has 1 aliphatic rings. The van der Waals surface area contributed by atoms with Crippen molar-refractivity contribution in [2.24, 2.45) is 5.92 Å². The van der Waals surface area contributed by atoms with Gasteiger partial charge >= 0.3 is 0 Å². The molecule has 0 aliphatic carbocycles. The molecule has 7 heteroatoms. The second kappa shape index (κ2) is 7.15. The van der Waals surface area contributed by atoms with E-state index >= 15 is 0 Å². The van der Waals surface area contributed by atoms with Crippen LogP contribution in [0.25, 0.3) is 0 Å². The largest absolute Gasteiger partial charge is 0.493 e. The van der Waals surface area contributed by atoms with Crippen LogP contribution in [0.15, 0.2) is 12.1 Å². The van der Waals surface area contributed by atoms with Crippen molar-refractivity contribution in [3.63, 3.8) is 0 Å². The molecule has 2 rings (SSSR count). The third-order valence-corrected chi connectivity index (χ3v) is 5.75. The fraction of sp³-hybridized carbons (Fsp3) is 0.562. The minimum atomic E-state index is -0.958. The number of aliphatic hydroxyl groups is 1. The van der Waals surface area contributed by atoms with Gasteiger partial charge in [-0.05, 0) is 12.1 Å². The highest BCUT2D eigenvalue weighted by Gasteiger charge is 2.45. The number of methoxy groups -OCH3 is 3. The molecule has 1 saturated heterocycles. The van der Waals surface area contributed by atoms with E-state index in [0.29, 0.717) is 33.9 Å². The van der Waals surface area contributed by atoms with Crippen LogP contribution in [0, 0.1) is 5.92 Å². The number of ether oxygens (including phenoxy) is 3. The fourth-order valence-electron chi connectivity index (χ4n) is 2.62. The molecule has 128 valence electrons. The van der Waals surface area contributed by atoms with E-state index in [1.807, 2.05) is 30.9 Å². The van der Waals surface area contributed by atoms with Gasteiger partial charge in [-0.2, -0.15) is 0 Å². The molecule has 0 amide bonds. The van der Waals surface area contributed by atoms with Gasteiger partial charge in [0.25, 0.3) is 0 Å². The molecular formula is C16H23NO4S2. The van der Waals surface area contributed by atoms with E-state index in [4.69, 9.17) is 26.4 Å². The van der Waals surface area contributed by atoms with Crippen LogP contribution < -0.4 is 14.2 Å². The molecule has 1 fully saturated rings. The third kappa shape index (κ3) is 3.22. The molecule has 1 aromatic rings. The average Bonchev–Trinajstić information content (AvgIpc) is 2.83. The van der Waals surface area contributed by atoms with Gasteiger partial charge in [-0.15, -0.1) is 0 Å². The molecule has 1 aromatic carbocycles. The van der Waals surface area contributed by atoms with Gasteiger partial charge in [0.15, 0.2) is 17.2 Å². The molecule has 0 radical (unpaired) electrons. The summed E-state index contributed by atoms with van der Waals surface area (Å²) >= 11 is 6.93. The Kier molecular flexibility index (Phi) is 5.65. The molecule has 5 nitrogen and oxygen atoms in total. The highest BCUT2D eigenvalue weighted by molar-refractivity contribution is 8.23. The zero-order chi connectivity index (χ0) is 17.2. The second-order valence-corrected chi connectivity index (χ2v) is 7.28. The normalized spacial score (nSPS) is 21.0. The second-order valence-electron chi connectivity index (χ2n) is 5.67. The number of hydrogen-bond acceptors (Lipinski definition) is 6. The predicted molar refractivity (Wildman–Crippen MR) is 96.5 cm³/mol. The van der Waals surface area contributed by atoms with Crippen molar-refractivity contribution in [3.05, 3.63) is 17.7 Å². The summed E-state index contributed by atoms with van der Waals surface area (Å²) in [4.78, 5) is 1.86. The smallest absolute Gasteiger partial charge is 0.203 e. The van der Waals surface area contributed by atoms with Crippen LogP contribution in [-0.2, 0) is 6.54 Å². The maximum Gasteiger partial charge on any atom is 0.203 e. The van der Waals surface area contributed by atoms with Crippen molar-refractivity contribution in [1.82, 2.24) is 4.90 Å². The number of hydrogen-bond donors (Lipinski definition) is 1. The number of benzene rings is 1. The Morgan fingerprint density at radius 3 is 2.39 bits per heavy atom. The lowest BCUT2D eigenvalue weighted by Crippen LogP contribution is -2.50. The first-order valence-electron chi connectivity index (χ1n) is 7.33. The summed E-state index contributed by atoms with van der Waals surface area (Å²) in [5.74, 6) is 2.36. The summed E-state index contributed by atoms with van der Waals surface area (Å²) in [6, 6.07) is 3.74. The van der Waals surface area contributed by atoms with E-state index in [2.05, 4.69) is 0 Å². The molecule has 1 heterocycles. The Morgan fingerprint density at radius 1 is 1.22 bits per heavy atom. The zero-order valence-corrected chi connectivity index (χ0v) is 15.7. The lowest BCUT2D eigenvalue weighted by Gasteiger charge is -2.37. The number of nitrogens with zero attached hydrogens (tertiary/aromatic N) is 1. The fourth-order valence-corrected chi connectivity index (χ4v) is 4.22. The van der Waals surface area contributed by atoms with E-state index < -0.39 is 5.72 Å². The van der Waals surface area contributed by atoms with Crippen LogP contribution in [0.1, 0.15) is 19.4 Å². The number of thiocarbonyl (C=S) groups is 1. The van der Waals surface area contributed by atoms with Crippen molar-refractivity contribution in [1.29, 1.82) is 0 Å². The standard InChI is InChI=1S/C16H23NO4S2/c1-10(2)16(18)9-23-15(22)17(16)8-11-6-7-12(19-3)14(21-5)13(11)20-4/h6-7,10,18H,8-9H2,1-5H3. The summed E-state index contributed by atoms with van der Waals surface area (Å²) in [5.41, 5.74) is -0.0750. The van der Waals surface area contributed by atoms with E-state index in [9.17, 15) is 5.11 Å². The van der Waals surface area contributed by atoms with Crippen molar-refractivity contribution >= 4 is 28.3 Å². The maximum absolute atomic E-state index is 11.0. The first kappa shape index (κ1) is 18.2. The molecule has 0 bridgehead atoms. The molecule has 1 unspecified atom stereocenters. The minimum Gasteiger partial charge on any atom is -0.493 e. The van der Waals surface area contributed by atoms with Gasteiger partial charge in [-0.1, -0.05) is 37.8 Å². The SMILES string of the molecule is COc1ccc(CN2C(=S)SCC2(O)C(C)C)c(OC)c1OC. The molecule has 1 N–H and O–H groups in total. The summed E-state index contributed by atoms with van der Waals surface area (Å²) in [6.07, 6.45) is 0. The zero-order valence-electron chi connectivity index (χ0n) is 14.1. The lowest BCUT2D eigenvalue weighted by atomic mass is 9.99. The quantitative estimate of drug-likeness (QED) is 0.786. The molecule has 0 spiro atoms. The average molecular weight is 357 g/mol. The van der Waals surface area contributed by atoms with Crippen molar-refractivity contribution in [3.8, 4) is 17.2 Å². The van der Waals surface area contributed by atoms with Crippen molar-refractivity contribution in [2.75, 3.05) is 27.1 Å². The number of rotatable bonds is 6. The summed E-state index contributed by atoms with van der Waals surface area (Å²) in [7, 11) is 4.75. The summed E-state index contributed by atoms with van der Waals surface area (Å²) in [5, 5.41) is 11.0. The van der Waals surface area contributed by atoms with E-state index in [1.54, 1.807) is 21.3 Å². The highest BCUT2D eigenvalue weighted by Crippen LogP contribution is 2.43. The van der Waals surface area contributed by atoms with E-state index in [0.717, 1.165) is 5.56 Å². The Bertz CT molecular complexity index is 594. The molecule has 1 aliphatic heterocycles. The van der Waals surface area contributed by atoms with Gasteiger partial charge in [0.05, 0.1) is 27.9 Å². The van der Waals surface area contributed by atoms with Crippen LogP contribution in [0.4, 0.5) is 0 Å². The van der Waals surface area contributed by atoms with Gasteiger partial charge in [-0.25, -0.2) is 0 Å². The Balaban J connectivity index is 2.41. The van der Waals surface area contributed by atoms with Crippen LogP contribution in [0.5, 0.6) is 17.2 Å². The summed E-state index contributed by atoms with van der Waals surface area (Å²) in [6.45, 7) is 4.44. The van der Waals surface area contributed by atoms with Gasteiger partial charge in [0.1, 0.15) is 4.32 Å². The Morgan fingerprint density at radius 2 is 1.87 bits per heavy atom. The van der Waals surface area contributed by atoms with E-state index in [-0.39, 0.29) is 5.92 Å². The van der Waals surface area contributed by atoms with Crippen molar-refractivity contribution in [2.45, 2.75) is 26.1 Å². The Hall–Kier alpha value is -1.18. The first-order chi connectivity index (χ1) is 10.9.